The van der Waals surface area contributed by atoms with Crippen molar-refractivity contribution >= 4 is 35.3 Å². The molecule has 1 aromatic carbocycles. The highest BCUT2D eigenvalue weighted by molar-refractivity contribution is 7.99. The summed E-state index contributed by atoms with van der Waals surface area (Å²) in [4.78, 5) is 37.7. The zero-order valence-electron chi connectivity index (χ0n) is 51.6. The number of carbonyl (C=O) groups excluding carboxylic acids is 2. The van der Waals surface area contributed by atoms with Gasteiger partial charge in [0.2, 0.25) is 17.6 Å². The van der Waals surface area contributed by atoms with Gasteiger partial charge in [0.15, 0.2) is 11.5 Å². The summed E-state index contributed by atoms with van der Waals surface area (Å²) >= 11 is 4.15. The maximum absolute atomic E-state index is 11.1. The molecule has 2 atom stereocenters. The third-order valence-corrected chi connectivity index (χ3v) is 15.1. The molecule has 0 aliphatic carbocycles. The van der Waals surface area contributed by atoms with Crippen LogP contribution in [-0.4, -0.2) is 259 Å². The van der Waals surface area contributed by atoms with E-state index in [0.717, 1.165) is 103 Å². The number of benzene rings is 1. The summed E-state index contributed by atoms with van der Waals surface area (Å²) in [6, 6.07) is 7.12. The van der Waals surface area contributed by atoms with E-state index in [1.807, 2.05) is 50.0 Å². The zero-order valence-corrected chi connectivity index (χ0v) is 53.2. The molecule has 0 spiro atoms. The number of hydrogen-bond acceptors (Lipinski definition) is 16. The van der Waals surface area contributed by atoms with Crippen LogP contribution in [0.25, 0.3) is 0 Å². The molecule has 75 heavy (non-hydrogen) atoms. The van der Waals surface area contributed by atoms with Crippen molar-refractivity contribution in [1.29, 1.82) is 0 Å². The molecule has 0 aromatic heterocycles. The highest BCUT2D eigenvalue weighted by atomic mass is 32.2. The van der Waals surface area contributed by atoms with Gasteiger partial charge in [-0.15, -0.1) is 0 Å². The minimum Gasteiger partial charge on any atom is -0.493 e. The van der Waals surface area contributed by atoms with E-state index in [0.29, 0.717) is 54.1 Å². The van der Waals surface area contributed by atoms with E-state index >= 15 is 0 Å². The monoisotopic (exact) mass is 1100 g/mol. The molecule has 16 nitrogen and oxygen atoms in total. The highest BCUT2D eigenvalue weighted by Crippen LogP contribution is 2.38. The van der Waals surface area contributed by atoms with Gasteiger partial charge in [-0.2, -0.15) is 23.5 Å². The van der Waals surface area contributed by atoms with Crippen molar-refractivity contribution in [3.05, 3.63) is 17.7 Å². The average Bonchev–Trinajstić information content (AvgIpc) is 3.66. The summed E-state index contributed by atoms with van der Waals surface area (Å²) in [6.07, 6.45) is 1.92. The predicted molar refractivity (Wildman–Crippen MR) is 322 cm³/mol. The fourth-order valence-electron chi connectivity index (χ4n) is 8.35. The first-order valence-corrected chi connectivity index (χ1v) is 30.6. The van der Waals surface area contributed by atoms with Crippen LogP contribution in [0.4, 0.5) is 0 Å². The van der Waals surface area contributed by atoms with Gasteiger partial charge < -0.3 is 44.1 Å². The van der Waals surface area contributed by atoms with Crippen molar-refractivity contribution in [2.24, 2.45) is 0 Å². The summed E-state index contributed by atoms with van der Waals surface area (Å²) in [6.45, 7) is 47.3. The van der Waals surface area contributed by atoms with Crippen LogP contribution < -0.4 is 24.8 Å². The van der Waals surface area contributed by atoms with E-state index in [-0.39, 0.29) is 11.8 Å². The lowest BCUT2D eigenvalue weighted by atomic mass is 10.1. The first-order valence-electron chi connectivity index (χ1n) is 28.2. The van der Waals surface area contributed by atoms with Crippen LogP contribution in [-0.2, 0) is 25.6 Å². The molecule has 5 heterocycles. The minimum atomic E-state index is 0.214. The number of likely N-dealkylation sites (N-methyl/N-ethyl adjacent to an activating group) is 3. The second kappa shape index (κ2) is 43.7. The van der Waals surface area contributed by atoms with Crippen LogP contribution in [0.1, 0.15) is 109 Å². The van der Waals surface area contributed by atoms with Gasteiger partial charge in [0.1, 0.15) is 0 Å². The number of nitrogens with one attached hydrogen (secondary N) is 2. The van der Waals surface area contributed by atoms with Gasteiger partial charge in [0, 0.05) is 165 Å². The minimum absolute atomic E-state index is 0.214. The Morgan fingerprint density at radius 1 is 0.680 bits per heavy atom. The molecule has 18 heteroatoms. The molecule has 442 valence electrons. The van der Waals surface area contributed by atoms with Crippen molar-refractivity contribution in [3.8, 4) is 17.2 Å². The number of piperazine rings is 1. The van der Waals surface area contributed by atoms with Gasteiger partial charge in [0.05, 0.1) is 46.7 Å². The van der Waals surface area contributed by atoms with Gasteiger partial charge in [-0.1, -0.05) is 13.8 Å². The average molecular weight is 1100 g/mol. The molecular weight excluding hydrogens is 987 g/mol. The topological polar surface area (TPSA) is 127 Å². The third kappa shape index (κ3) is 34.5. The first-order chi connectivity index (χ1) is 35.5. The SMILES string of the molecule is CC(=O)N1CCCN(C(C)C)CC1.CC(C)N1CCSCC1.CC(C)N1CCSCC1.CC1CN(C(C)C)CC(C)O1.CCOCCNC.CN1CCN(C)C(=O)C1.COc1cc(CNC(C)C)cc(OC)c1OC. The van der Waals surface area contributed by atoms with Crippen molar-refractivity contribution in [3.63, 3.8) is 0 Å². The Kier molecular flexibility index (Phi) is 42.5. The lowest BCUT2D eigenvalue weighted by Crippen LogP contribution is -2.48. The molecule has 2 amide bonds. The lowest BCUT2D eigenvalue weighted by Gasteiger charge is -2.37. The Bertz CT molecular complexity index is 1510. The number of methoxy groups -OCH3 is 3. The molecule has 5 aliphatic heterocycles. The standard InChI is InChI=1S/C13H21NO3.C10H20N2O.C9H19NO.2C7H15NS.C6H12N2O.C5H13NO/c1-9(2)14-8-10-6-11(15-3)13(17-5)12(7-10)16-4;1-9(2)11-5-4-6-12(8-7-11)10(3)13;1-7(2)10-5-8(3)11-9(4)6-10;2*1-7(2)8-3-5-9-6-4-8;1-7-3-4-8(2)6(9)5-7;1-3-7-5-4-6-2/h6-7,9,14H,8H2,1-5H3;9H,4-8H2,1-3H3;7-9H,5-6H2,1-4H3;2*7H,3-6H2,1-2H3;3-5H2,1-2H3;6H,3-5H2,1-2H3. The number of morpholine rings is 1. The highest BCUT2D eigenvalue weighted by Gasteiger charge is 2.24. The van der Waals surface area contributed by atoms with Crippen LogP contribution in [0.5, 0.6) is 17.2 Å². The normalized spacial score (nSPS) is 20.1. The van der Waals surface area contributed by atoms with Crippen molar-refractivity contribution in [2.75, 3.05) is 170 Å². The molecule has 2 unspecified atom stereocenters. The second-order valence-electron chi connectivity index (χ2n) is 21.2. The number of thioether (sulfide) groups is 2. The molecule has 6 rings (SSSR count). The van der Waals surface area contributed by atoms with Crippen LogP contribution in [0, 0.1) is 0 Å². The van der Waals surface area contributed by atoms with Crippen molar-refractivity contribution in [1.82, 2.24) is 44.9 Å². The molecule has 5 fully saturated rings. The summed E-state index contributed by atoms with van der Waals surface area (Å²) in [5.74, 6) is 7.77. The Balaban J connectivity index is 0.000000867. The molecule has 1 aromatic rings. The summed E-state index contributed by atoms with van der Waals surface area (Å²) < 4.78 is 26.5. The quantitative estimate of drug-likeness (QED) is 0.183. The maximum Gasteiger partial charge on any atom is 0.236 e. The number of rotatable bonds is 14. The number of nitrogens with zero attached hydrogens (tertiary/aromatic N) is 7. The van der Waals surface area contributed by atoms with Gasteiger partial charge in [-0.25, -0.2) is 0 Å². The van der Waals surface area contributed by atoms with Crippen molar-refractivity contribution in [2.45, 2.75) is 152 Å². The first kappa shape index (κ1) is 72.9. The Labute approximate surface area is 469 Å². The third-order valence-electron chi connectivity index (χ3n) is 13.2. The van der Waals surface area contributed by atoms with Gasteiger partial charge in [0.25, 0.3) is 0 Å². The molecule has 5 aliphatic rings. The Morgan fingerprint density at radius 2 is 1.16 bits per heavy atom. The number of carbonyl (C=O) groups is 2. The summed E-state index contributed by atoms with van der Waals surface area (Å²) in [7, 11) is 10.6. The molecule has 2 N–H and O–H groups in total. The van der Waals surface area contributed by atoms with E-state index < -0.39 is 0 Å². The number of amides is 2. The molecule has 0 radical (unpaired) electrons. The van der Waals surface area contributed by atoms with Crippen molar-refractivity contribution < 1.29 is 33.3 Å². The fourth-order valence-corrected chi connectivity index (χ4v) is 10.2. The van der Waals surface area contributed by atoms with Gasteiger partial charge >= 0.3 is 0 Å². The lowest BCUT2D eigenvalue weighted by molar-refractivity contribution is -0.133. The van der Waals surface area contributed by atoms with E-state index in [1.54, 1.807) is 33.2 Å². The summed E-state index contributed by atoms with van der Waals surface area (Å²) in [5.41, 5.74) is 1.10. The van der Waals surface area contributed by atoms with E-state index in [1.165, 1.54) is 49.2 Å². The van der Waals surface area contributed by atoms with Gasteiger partial charge in [-0.3, -0.25) is 34.1 Å². The molecule has 0 saturated carbocycles. The Hall–Kier alpha value is -2.10. The van der Waals surface area contributed by atoms with E-state index in [4.69, 9.17) is 23.7 Å². The van der Waals surface area contributed by atoms with Crippen LogP contribution in [0.2, 0.25) is 0 Å². The molecule has 5 saturated heterocycles. The molecule has 0 bridgehead atoms. The predicted octanol–water partition coefficient (Wildman–Crippen LogP) is 7.18. The number of hydrogen-bond donors (Lipinski definition) is 2. The largest absolute Gasteiger partial charge is 0.493 e. The van der Waals surface area contributed by atoms with Crippen LogP contribution in [0.3, 0.4) is 0 Å². The van der Waals surface area contributed by atoms with E-state index in [9.17, 15) is 9.59 Å². The van der Waals surface area contributed by atoms with Gasteiger partial charge in [-0.05, 0) is 114 Å². The second-order valence-corrected chi connectivity index (χ2v) is 23.7. The van der Waals surface area contributed by atoms with E-state index in [2.05, 4.69) is 137 Å². The molecular formula is C57H115N9O7S2. The maximum atomic E-state index is 11.1. The van der Waals surface area contributed by atoms with Crippen LogP contribution in [0.15, 0.2) is 12.1 Å². The number of ether oxygens (including phenoxy) is 5. The Morgan fingerprint density at radius 3 is 1.52 bits per heavy atom. The van der Waals surface area contributed by atoms with Crippen LogP contribution >= 0.6 is 23.5 Å². The zero-order chi connectivity index (χ0) is 56.9. The summed E-state index contributed by atoms with van der Waals surface area (Å²) in [5, 5.41) is 6.33. The fraction of sp³-hybridized carbons (Fsp3) is 0.860. The smallest absolute Gasteiger partial charge is 0.236 e.